The summed E-state index contributed by atoms with van der Waals surface area (Å²) in [6.07, 6.45) is 0.689. The van der Waals surface area contributed by atoms with Crippen molar-refractivity contribution < 1.29 is 19.4 Å². The monoisotopic (exact) mass is 478 g/mol. The molecule has 1 amide bonds. The number of rotatable bonds is 7. The number of amides is 1. The fourth-order valence-corrected chi connectivity index (χ4v) is 4.54. The molecular weight excluding hydrogens is 452 g/mol. The van der Waals surface area contributed by atoms with E-state index < -0.39 is 17.7 Å². The van der Waals surface area contributed by atoms with Gasteiger partial charge in [0.25, 0.3) is 11.7 Å². The van der Waals surface area contributed by atoms with E-state index in [0.717, 1.165) is 23.1 Å². The molecule has 1 unspecified atom stereocenters. The normalized spacial score (nSPS) is 17.7. The first-order valence-electron chi connectivity index (χ1n) is 11.1. The van der Waals surface area contributed by atoms with Crippen molar-refractivity contribution in [2.45, 2.75) is 12.5 Å². The van der Waals surface area contributed by atoms with Gasteiger partial charge in [0.15, 0.2) is 0 Å². The van der Waals surface area contributed by atoms with Crippen LogP contribution >= 0.6 is 11.6 Å². The maximum absolute atomic E-state index is 13.2. The van der Waals surface area contributed by atoms with E-state index in [2.05, 4.69) is 0 Å². The van der Waals surface area contributed by atoms with Gasteiger partial charge in [-0.1, -0.05) is 41.9 Å². The van der Waals surface area contributed by atoms with E-state index in [1.807, 2.05) is 49.3 Å². The predicted molar refractivity (Wildman–Crippen MR) is 134 cm³/mol. The first-order chi connectivity index (χ1) is 16.3. The quantitative estimate of drug-likeness (QED) is 0.298. The van der Waals surface area contributed by atoms with Gasteiger partial charge in [-0.3, -0.25) is 9.59 Å². The van der Waals surface area contributed by atoms with Crippen LogP contribution in [-0.2, 0) is 9.59 Å². The Bertz CT molecular complexity index is 1280. The first-order valence-corrected chi connectivity index (χ1v) is 11.4. The Morgan fingerprint density at radius 1 is 1.06 bits per heavy atom. The van der Waals surface area contributed by atoms with E-state index in [0.29, 0.717) is 29.1 Å². The zero-order chi connectivity index (χ0) is 24.4. The highest BCUT2D eigenvalue weighted by Gasteiger charge is 2.45. The minimum Gasteiger partial charge on any atom is -0.507 e. The van der Waals surface area contributed by atoms with E-state index in [4.69, 9.17) is 16.3 Å². The van der Waals surface area contributed by atoms with Crippen molar-refractivity contribution in [2.75, 3.05) is 34.3 Å². The van der Waals surface area contributed by atoms with Crippen LogP contribution in [0.3, 0.4) is 0 Å². The number of likely N-dealkylation sites (tertiary alicyclic amines) is 1. The number of methoxy groups -OCH3 is 1. The molecule has 1 heterocycles. The third-order valence-corrected chi connectivity index (χ3v) is 6.26. The number of fused-ring (bicyclic) bond motifs is 1. The Labute approximate surface area is 204 Å². The molecule has 1 aliphatic heterocycles. The number of Topliss-reactive ketones (excluding diaryl/α,β-unsaturated/α-hetero) is 1. The van der Waals surface area contributed by atoms with Crippen molar-refractivity contribution >= 4 is 39.8 Å². The number of carbonyl (C=O) groups is 2. The molecule has 1 N–H and O–H groups in total. The van der Waals surface area contributed by atoms with E-state index in [9.17, 15) is 14.7 Å². The number of hydrogen-bond acceptors (Lipinski definition) is 5. The summed E-state index contributed by atoms with van der Waals surface area (Å²) in [6.45, 7) is 1.15. The van der Waals surface area contributed by atoms with Crippen molar-refractivity contribution in [1.82, 2.24) is 9.80 Å². The van der Waals surface area contributed by atoms with E-state index in [1.54, 1.807) is 37.4 Å². The molecule has 3 aromatic rings. The fraction of sp³-hybridized carbons (Fsp3) is 0.259. The Balaban J connectivity index is 1.81. The first kappa shape index (κ1) is 23.8. The lowest BCUT2D eigenvalue weighted by molar-refractivity contribution is -0.139. The van der Waals surface area contributed by atoms with Gasteiger partial charge < -0.3 is 19.6 Å². The molecule has 34 heavy (non-hydrogen) atoms. The molecule has 1 aliphatic rings. The third-order valence-electron chi connectivity index (χ3n) is 6.03. The lowest BCUT2D eigenvalue weighted by atomic mass is 9.94. The summed E-state index contributed by atoms with van der Waals surface area (Å²) in [5.74, 6) is -0.775. The highest BCUT2D eigenvalue weighted by atomic mass is 35.5. The van der Waals surface area contributed by atoms with Crippen molar-refractivity contribution in [3.63, 3.8) is 0 Å². The topological polar surface area (TPSA) is 70.1 Å². The standard InChI is InChI=1S/C27H27ClN2O4/c1-29(2)12-5-13-30-24(19-6-4-7-21(28)15-19)23(26(32)27(30)33)25(31)20-9-8-18-16-22(34-3)11-10-17(18)14-20/h4,6-11,14-16,24,31H,5,12-13H2,1-3H3/b25-23+. The van der Waals surface area contributed by atoms with Crippen molar-refractivity contribution in [2.24, 2.45) is 0 Å². The molecule has 0 aromatic heterocycles. The molecular formula is C27H27ClN2O4. The van der Waals surface area contributed by atoms with Crippen LogP contribution in [0.2, 0.25) is 5.02 Å². The van der Waals surface area contributed by atoms with Gasteiger partial charge in [-0.2, -0.15) is 0 Å². The maximum Gasteiger partial charge on any atom is 0.295 e. The molecule has 1 atom stereocenters. The Morgan fingerprint density at radius 3 is 2.50 bits per heavy atom. The molecule has 0 saturated carbocycles. The summed E-state index contributed by atoms with van der Waals surface area (Å²) in [5.41, 5.74) is 1.23. The molecule has 0 radical (unpaired) electrons. The molecule has 7 heteroatoms. The van der Waals surface area contributed by atoms with Gasteiger partial charge in [0.1, 0.15) is 11.5 Å². The number of carbonyl (C=O) groups excluding carboxylic acids is 2. The number of hydrogen-bond donors (Lipinski definition) is 1. The predicted octanol–water partition coefficient (Wildman–Crippen LogP) is 4.88. The number of halogens is 1. The van der Waals surface area contributed by atoms with Crippen molar-refractivity contribution in [1.29, 1.82) is 0 Å². The summed E-state index contributed by atoms with van der Waals surface area (Å²) in [5, 5.41) is 13.6. The summed E-state index contributed by atoms with van der Waals surface area (Å²) < 4.78 is 5.28. The van der Waals surface area contributed by atoms with Crippen LogP contribution in [0.4, 0.5) is 0 Å². The summed E-state index contributed by atoms with van der Waals surface area (Å²) >= 11 is 6.24. The molecule has 1 saturated heterocycles. The minimum absolute atomic E-state index is 0.0741. The number of aliphatic hydroxyl groups excluding tert-OH is 1. The number of ketones is 1. The second-order valence-electron chi connectivity index (χ2n) is 8.63. The van der Waals surface area contributed by atoms with Gasteiger partial charge in [0.05, 0.1) is 18.7 Å². The number of aliphatic hydroxyl groups is 1. The lowest BCUT2D eigenvalue weighted by Crippen LogP contribution is -2.32. The second-order valence-corrected chi connectivity index (χ2v) is 9.07. The summed E-state index contributed by atoms with van der Waals surface area (Å²) in [4.78, 5) is 29.8. The second kappa shape index (κ2) is 9.87. The van der Waals surface area contributed by atoms with Crippen LogP contribution in [0.25, 0.3) is 16.5 Å². The van der Waals surface area contributed by atoms with Gasteiger partial charge in [-0.05, 0) is 73.7 Å². The van der Waals surface area contributed by atoms with Gasteiger partial charge >= 0.3 is 0 Å². The maximum atomic E-state index is 13.2. The molecule has 4 rings (SSSR count). The van der Waals surface area contributed by atoms with Crippen LogP contribution < -0.4 is 4.74 Å². The molecule has 176 valence electrons. The van der Waals surface area contributed by atoms with Crippen LogP contribution in [0.5, 0.6) is 5.75 Å². The van der Waals surface area contributed by atoms with Crippen LogP contribution in [-0.4, -0.2) is 60.9 Å². The van der Waals surface area contributed by atoms with Gasteiger partial charge in [-0.15, -0.1) is 0 Å². The number of ether oxygens (including phenoxy) is 1. The molecule has 6 nitrogen and oxygen atoms in total. The van der Waals surface area contributed by atoms with Gasteiger partial charge in [0.2, 0.25) is 0 Å². The Morgan fingerprint density at radius 2 is 1.79 bits per heavy atom. The number of benzene rings is 3. The SMILES string of the molecule is COc1ccc2cc(/C(O)=C3\C(=O)C(=O)N(CCCN(C)C)C3c3cccc(Cl)c3)ccc2c1. The molecule has 1 fully saturated rings. The zero-order valence-electron chi connectivity index (χ0n) is 19.4. The van der Waals surface area contributed by atoms with E-state index >= 15 is 0 Å². The Kier molecular flexibility index (Phi) is 6.91. The van der Waals surface area contributed by atoms with E-state index in [-0.39, 0.29) is 11.3 Å². The van der Waals surface area contributed by atoms with Crippen LogP contribution in [0.1, 0.15) is 23.6 Å². The zero-order valence-corrected chi connectivity index (χ0v) is 20.2. The van der Waals surface area contributed by atoms with E-state index in [1.165, 1.54) is 4.90 Å². The third kappa shape index (κ3) is 4.65. The summed E-state index contributed by atoms with van der Waals surface area (Å²) in [7, 11) is 5.52. The average Bonchev–Trinajstić information content (AvgIpc) is 3.07. The van der Waals surface area contributed by atoms with Crippen LogP contribution in [0.15, 0.2) is 66.2 Å². The average molecular weight is 479 g/mol. The smallest absolute Gasteiger partial charge is 0.295 e. The van der Waals surface area contributed by atoms with Gasteiger partial charge in [-0.25, -0.2) is 0 Å². The largest absolute Gasteiger partial charge is 0.507 e. The highest BCUT2D eigenvalue weighted by Crippen LogP contribution is 2.40. The van der Waals surface area contributed by atoms with Gasteiger partial charge in [0, 0.05) is 17.1 Å². The fourth-order valence-electron chi connectivity index (χ4n) is 4.34. The molecule has 0 spiro atoms. The number of nitrogens with zero attached hydrogens (tertiary/aromatic N) is 2. The van der Waals surface area contributed by atoms with Crippen molar-refractivity contribution in [3.05, 3.63) is 82.4 Å². The lowest BCUT2D eigenvalue weighted by Gasteiger charge is -2.26. The molecule has 3 aromatic carbocycles. The highest BCUT2D eigenvalue weighted by molar-refractivity contribution is 6.46. The summed E-state index contributed by atoms with van der Waals surface area (Å²) in [6, 6.07) is 17.4. The molecule has 0 bridgehead atoms. The minimum atomic E-state index is -0.715. The van der Waals surface area contributed by atoms with Crippen LogP contribution in [0, 0.1) is 0 Å². The molecule has 0 aliphatic carbocycles. The van der Waals surface area contributed by atoms with Crippen molar-refractivity contribution in [3.8, 4) is 5.75 Å². The Hall–Kier alpha value is -3.35.